The number of nitrogens with zero attached hydrogens (tertiary/aromatic N) is 3. The maximum atomic E-state index is 5.71. The molecule has 118 valence electrons. The molecule has 0 aromatic carbocycles. The molecule has 5 heteroatoms. The normalized spacial score (nSPS) is 18.4. The van der Waals surface area contributed by atoms with E-state index in [0.29, 0.717) is 12.0 Å². The summed E-state index contributed by atoms with van der Waals surface area (Å²) in [6, 6.07) is 4.13. The smallest absolute Gasteiger partial charge is 0.151 e. The highest BCUT2D eigenvalue weighted by molar-refractivity contribution is 5.37. The van der Waals surface area contributed by atoms with E-state index in [4.69, 9.17) is 4.74 Å². The fourth-order valence-electron chi connectivity index (χ4n) is 2.52. The first-order chi connectivity index (χ1) is 10.2. The van der Waals surface area contributed by atoms with Gasteiger partial charge in [0.25, 0.3) is 0 Å². The van der Waals surface area contributed by atoms with Crippen molar-refractivity contribution in [2.45, 2.75) is 46.3 Å². The van der Waals surface area contributed by atoms with Crippen molar-refractivity contribution in [3.05, 3.63) is 17.8 Å². The molecule has 1 N–H and O–H groups in total. The standard InChI is InChI=1S/C16H28N4O/c1-4-20(12-15-6-5-9-21-15)16-8-7-14(18-19-16)11-17-10-13(2)3/h7-8,13,15,17H,4-6,9-12H2,1-3H3. The minimum atomic E-state index is 0.346. The second-order valence-corrected chi connectivity index (χ2v) is 6.08. The molecule has 0 saturated carbocycles. The van der Waals surface area contributed by atoms with Crippen LogP contribution in [0.15, 0.2) is 12.1 Å². The van der Waals surface area contributed by atoms with E-state index < -0.39 is 0 Å². The van der Waals surface area contributed by atoms with E-state index in [9.17, 15) is 0 Å². The molecule has 1 aliphatic rings. The van der Waals surface area contributed by atoms with Crippen molar-refractivity contribution in [2.24, 2.45) is 5.92 Å². The predicted octanol–water partition coefficient (Wildman–Crippen LogP) is 2.23. The zero-order valence-corrected chi connectivity index (χ0v) is 13.5. The third-order valence-electron chi connectivity index (χ3n) is 3.72. The minimum absolute atomic E-state index is 0.346. The van der Waals surface area contributed by atoms with Gasteiger partial charge in [0, 0.05) is 26.2 Å². The summed E-state index contributed by atoms with van der Waals surface area (Å²) in [5.74, 6) is 1.60. The third-order valence-corrected chi connectivity index (χ3v) is 3.72. The molecule has 1 aliphatic heterocycles. The van der Waals surface area contributed by atoms with Gasteiger partial charge >= 0.3 is 0 Å². The van der Waals surface area contributed by atoms with Gasteiger partial charge in [-0.15, -0.1) is 5.10 Å². The highest BCUT2D eigenvalue weighted by atomic mass is 16.5. The number of rotatable bonds is 8. The number of ether oxygens (including phenoxy) is 1. The van der Waals surface area contributed by atoms with Crippen molar-refractivity contribution >= 4 is 5.82 Å². The van der Waals surface area contributed by atoms with Crippen LogP contribution in [-0.4, -0.2) is 42.5 Å². The average molecular weight is 292 g/mol. The van der Waals surface area contributed by atoms with E-state index in [-0.39, 0.29) is 0 Å². The Morgan fingerprint density at radius 3 is 2.81 bits per heavy atom. The molecule has 1 unspecified atom stereocenters. The SMILES string of the molecule is CCN(CC1CCCO1)c1ccc(CNCC(C)C)nn1. The first kappa shape index (κ1) is 16.2. The average Bonchev–Trinajstić information content (AvgIpc) is 2.98. The van der Waals surface area contributed by atoms with Gasteiger partial charge < -0.3 is 15.0 Å². The van der Waals surface area contributed by atoms with E-state index in [1.54, 1.807) is 0 Å². The Bertz CT molecular complexity index is 401. The summed E-state index contributed by atoms with van der Waals surface area (Å²) in [5.41, 5.74) is 0.993. The lowest BCUT2D eigenvalue weighted by atomic mass is 10.2. The lowest BCUT2D eigenvalue weighted by Crippen LogP contribution is -2.32. The number of nitrogens with one attached hydrogen (secondary N) is 1. The van der Waals surface area contributed by atoms with Crippen LogP contribution < -0.4 is 10.2 Å². The Hall–Kier alpha value is -1.20. The van der Waals surface area contributed by atoms with Crippen LogP contribution in [0.3, 0.4) is 0 Å². The van der Waals surface area contributed by atoms with Crippen LogP contribution >= 0.6 is 0 Å². The maximum absolute atomic E-state index is 5.71. The molecular formula is C16H28N4O. The molecule has 0 spiro atoms. The molecule has 0 amide bonds. The number of hydrogen-bond acceptors (Lipinski definition) is 5. The Labute approximate surface area is 128 Å². The zero-order chi connectivity index (χ0) is 15.1. The van der Waals surface area contributed by atoms with E-state index >= 15 is 0 Å². The molecule has 2 rings (SSSR count). The van der Waals surface area contributed by atoms with E-state index in [1.807, 2.05) is 0 Å². The van der Waals surface area contributed by atoms with Gasteiger partial charge in [-0.05, 0) is 44.4 Å². The van der Waals surface area contributed by atoms with Gasteiger partial charge in [-0.3, -0.25) is 0 Å². The van der Waals surface area contributed by atoms with Gasteiger partial charge in [0.1, 0.15) is 0 Å². The third kappa shape index (κ3) is 5.25. The lowest BCUT2D eigenvalue weighted by molar-refractivity contribution is 0.115. The molecule has 1 fully saturated rings. The van der Waals surface area contributed by atoms with Crippen LogP contribution in [0, 0.1) is 5.92 Å². The second kappa shape index (κ2) is 8.29. The Balaban J connectivity index is 1.86. The number of anilines is 1. The molecule has 0 aliphatic carbocycles. The van der Waals surface area contributed by atoms with Crippen LogP contribution in [0.2, 0.25) is 0 Å². The van der Waals surface area contributed by atoms with Gasteiger partial charge in [0.2, 0.25) is 0 Å². The number of aromatic nitrogens is 2. The van der Waals surface area contributed by atoms with Crippen molar-refractivity contribution in [3.63, 3.8) is 0 Å². The van der Waals surface area contributed by atoms with Crippen LogP contribution in [0.1, 0.15) is 39.3 Å². The maximum Gasteiger partial charge on any atom is 0.151 e. The van der Waals surface area contributed by atoms with Crippen LogP contribution in [0.5, 0.6) is 0 Å². The molecule has 21 heavy (non-hydrogen) atoms. The van der Waals surface area contributed by atoms with E-state index in [2.05, 4.69) is 53.3 Å². The summed E-state index contributed by atoms with van der Waals surface area (Å²) in [5, 5.41) is 12.1. The molecule has 1 atom stereocenters. The fourth-order valence-corrected chi connectivity index (χ4v) is 2.52. The van der Waals surface area contributed by atoms with Crippen LogP contribution in [-0.2, 0) is 11.3 Å². The van der Waals surface area contributed by atoms with Crippen molar-refractivity contribution in [2.75, 3.05) is 31.1 Å². The molecule has 1 aromatic heterocycles. The van der Waals surface area contributed by atoms with Crippen molar-refractivity contribution in [1.82, 2.24) is 15.5 Å². The monoisotopic (exact) mass is 292 g/mol. The number of likely N-dealkylation sites (N-methyl/N-ethyl adjacent to an activating group) is 1. The first-order valence-electron chi connectivity index (χ1n) is 8.09. The highest BCUT2D eigenvalue weighted by Crippen LogP contribution is 2.17. The summed E-state index contributed by atoms with van der Waals surface area (Å²) >= 11 is 0. The zero-order valence-electron chi connectivity index (χ0n) is 13.5. The topological polar surface area (TPSA) is 50.3 Å². The molecule has 1 aromatic rings. The van der Waals surface area contributed by atoms with E-state index in [1.165, 1.54) is 6.42 Å². The fraction of sp³-hybridized carbons (Fsp3) is 0.750. The summed E-state index contributed by atoms with van der Waals surface area (Å²) in [4.78, 5) is 2.24. The Kier molecular flexibility index (Phi) is 6.39. The Morgan fingerprint density at radius 1 is 1.38 bits per heavy atom. The van der Waals surface area contributed by atoms with Crippen molar-refractivity contribution < 1.29 is 4.74 Å². The van der Waals surface area contributed by atoms with Gasteiger partial charge in [0.05, 0.1) is 11.8 Å². The van der Waals surface area contributed by atoms with Crippen LogP contribution in [0.25, 0.3) is 0 Å². The number of hydrogen-bond donors (Lipinski definition) is 1. The summed E-state index contributed by atoms with van der Waals surface area (Å²) < 4.78 is 5.71. The largest absolute Gasteiger partial charge is 0.376 e. The van der Waals surface area contributed by atoms with Crippen LogP contribution in [0.4, 0.5) is 5.82 Å². The van der Waals surface area contributed by atoms with Gasteiger partial charge in [-0.2, -0.15) is 5.10 Å². The predicted molar refractivity (Wildman–Crippen MR) is 85.4 cm³/mol. The molecule has 0 radical (unpaired) electrons. The molecule has 1 saturated heterocycles. The molecule has 5 nitrogen and oxygen atoms in total. The minimum Gasteiger partial charge on any atom is -0.376 e. The second-order valence-electron chi connectivity index (χ2n) is 6.08. The summed E-state index contributed by atoms with van der Waals surface area (Å²) in [6.07, 6.45) is 2.68. The lowest BCUT2D eigenvalue weighted by Gasteiger charge is -2.24. The molecule has 0 bridgehead atoms. The first-order valence-corrected chi connectivity index (χ1v) is 8.09. The Morgan fingerprint density at radius 2 is 2.24 bits per heavy atom. The quantitative estimate of drug-likeness (QED) is 0.796. The highest BCUT2D eigenvalue weighted by Gasteiger charge is 2.19. The van der Waals surface area contributed by atoms with Gasteiger partial charge in [-0.1, -0.05) is 13.8 Å². The summed E-state index contributed by atoms with van der Waals surface area (Å²) in [7, 11) is 0. The van der Waals surface area contributed by atoms with E-state index in [0.717, 1.165) is 50.7 Å². The van der Waals surface area contributed by atoms with Gasteiger partial charge in [0.15, 0.2) is 5.82 Å². The summed E-state index contributed by atoms with van der Waals surface area (Å²) in [6.45, 7) is 11.1. The van der Waals surface area contributed by atoms with Crippen molar-refractivity contribution in [1.29, 1.82) is 0 Å². The van der Waals surface area contributed by atoms with Crippen molar-refractivity contribution in [3.8, 4) is 0 Å². The van der Waals surface area contributed by atoms with Gasteiger partial charge in [-0.25, -0.2) is 0 Å². The molecular weight excluding hydrogens is 264 g/mol. The molecule has 2 heterocycles.